The van der Waals surface area contributed by atoms with E-state index in [1.807, 2.05) is 0 Å². The second-order valence-electron chi connectivity index (χ2n) is 7.53. The number of nitrogens with one attached hydrogen (secondary N) is 1. The minimum absolute atomic E-state index is 0.104. The van der Waals surface area contributed by atoms with Crippen molar-refractivity contribution in [2.24, 2.45) is 0 Å². The quantitative estimate of drug-likeness (QED) is 0.732. The number of hydrogen-bond donors (Lipinski definition) is 1. The topological polar surface area (TPSA) is 69.7 Å². The molecule has 0 aliphatic carbocycles. The van der Waals surface area contributed by atoms with Crippen molar-refractivity contribution in [3.8, 4) is 0 Å². The van der Waals surface area contributed by atoms with Crippen LogP contribution in [0.3, 0.4) is 0 Å². The fourth-order valence-corrected chi connectivity index (χ4v) is 3.73. The van der Waals surface area contributed by atoms with E-state index in [0.29, 0.717) is 41.1 Å². The first-order valence-electron chi connectivity index (χ1n) is 10.3. The maximum absolute atomic E-state index is 12.9. The summed E-state index contributed by atoms with van der Waals surface area (Å²) in [6, 6.07) is 14.4. The molecule has 0 bridgehead atoms. The number of rotatable bonds is 6. The summed E-state index contributed by atoms with van der Waals surface area (Å²) in [5.74, 6) is -2.49. The lowest BCUT2D eigenvalue weighted by molar-refractivity contribution is -0.185. The van der Waals surface area contributed by atoms with Gasteiger partial charge in [0.25, 0.3) is 5.91 Å². The van der Waals surface area contributed by atoms with Gasteiger partial charge in [-0.25, -0.2) is 0 Å². The van der Waals surface area contributed by atoms with Gasteiger partial charge in [0.05, 0.1) is 0 Å². The molecule has 9 heteroatoms. The van der Waals surface area contributed by atoms with Gasteiger partial charge >= 0.3 is 12.1 Å². The van der Waals surface area contributed by atoms with Crippen molar-refractivity contribution >= 4 is 23.4 Å². The highest BCUT2D eigenvalue weighted by Crippen LogP contribution is 2.23. The number of hydrogen-bond acceptors (Lipinski definition) is 3. The second kappa shape index (κ2) is 9.84. The van der Waals surface area contributed by atoms with Gasteiger partial charge in [-0.3, -0.25) is 14.4 Å². The van der Waals surface area contributed by atoms with Crippen LogP contribution in [-0.4, -0.2) is 52.8 Å². The van der Waals surface area contributed by atoms with Crippen molar-refractivity contribution in [2.45, 2.75) is 38.5 Å². The first-order chi connectivity index (χ1) is 15.2. The van der Waals surface area contributed by atoms with Crippen molar-refractivity contribution < 1.29 is 27.6 Å². The molecule has 1 atom stereocenters. The number of halogens is 3. The molecule has 6 nitrogen and oxygen atoms in total. The highest BCUT2D eigenvalue weighted by Gasteiger charge is 2.42. The summed E-state index contributed by atoms with van der Waals surface area (Å²) in [6.07, 6.45) is -3.73. The highest BCUT2D eigenvalue weighted by molar-refractivity contribution is 6.01. The molecule has 0 spiro atoms. The Morgan fingerprint density at radius 1 is 1.09 bits per heavy atom. The minimum atomic E-state index is -4.95. The molecule has 0 radical (unpaired) electrons. The number of nitrogens with zero attached hydrogens (tertiary/aromatic N) is 2. The van der Waals surface area contributed by atoms with Gasteiger partial charge in [0.1, 0.15) is 6.04 Å². The molecular weight excluding hydrogens is 423 g/mol. The van der Waals surface area contributed by atoms with Gasteiger partial charge < -0.3 is 15.1 Å². The van der Waals surface area contributed by atoms with Gasteiger partial charge in [-0.05, 0) is 49.6 Å². The molecule has 1 aliphatic rings. The first kappa shape index (κ1) is 23.3. The average Bonchev–Trinajstić information content (AvgIpc) is 3.27. The van der Waals surface area contributed by atoms with Crippen molar-refractivity contribution in [1.29, 1.82) is 0 Å². The molecular formula is C23H24F3N3O3. The van der Waals surface area contributed by atoms with Crippen molar-refractivity contribution in [1.82, 2.24) is 9.80 Å². The molecule has 3 amide bonds. The number of likely N-dealkylation sites (tertiary alicyclic amines) is 1. The summed E-state index contributed by atoms with van der Waals surface area (Å²) >= 11 is 0. The molecule has 1 heterocycles. The highest BCUT2D eigenvalue weighted by atomic mass is 19.4. The molecule has 2 aromatic carbocycles. The Morgan fingerprint density at radius 3 is 2.47 bits per heavy atom. The number of carbonyl (C=O) groups excluding carboxylic acids is 3. The number of benzene rings is 2. The molecule has 0 aromatic heterocycles. The molecule has 2 aromatic rings. The van der Waals surface area contributed by atoms with Crippen LogP contribution in [0.2, 0.25) is 0 Å². The SMILES string of the molecule is CCN(Cc1cccc(NC(=O)C2CCCN2C(=O)c2ccccc2)c1)C(=O)C(F)(F)F. The normalized spacial score (nSPS) is 16.0. The van der Waals surface area contributed by atoms with Crippen LogP contribution in [-0.2, 0) is 16.1 Å². The predicted octanol–water partition coefficient (Wildman–Crippen LogP) is 3.84. The number of amides is 3. The zero-order chi connectivity index (χ0) is 23.3. The number of carbonyl (C=O) groups is 3. The summed E-state index contributed by atoms with van der Waals surface area (Å²) in [7, 11) is 0. The largest absolute Gasteiger partial charge is 0.471 e. The molecule has 1 aliphatic heterocycles. The molecule has 1 fully saturated rings. The van der Waals surface area contributed by atoms with E-state index in [9.17, 15) is 27.6 Å². The van der Waals surface area contributed by atoms with Gasteiger partial charge in [0.2, 0.25) is 5.91 Å². The number of alkyl halides is 3. The third-order valence-electron chi connectivity index (χ3n) is 5.32. The monoisotopic (exact) mass is 447 g/mol. The van der Waals surface area contributed by atoms with Crippen molar-refractivity contribution in [2.75, 3.05) is 18.4 Å². The summed E-state index contributed by atoms with van der Waals surface area (Å²) in [4.78, 5) is 39.4. The van der Waals surface area contributed by atoms with Gasteiger partial charge in [-0.15, -0.1) is 0 Å². The van der Waals surface area contributed by atoms with E-state index in [0.717, 1.165) is 0 Å². The van der Waals surface area contributed by atoms with Crippen LogP contribution < -0.4 is 5.32 Å². The molecule has 1 saturated heterocycles. The summed E-state index contributed by atoms with van der Waals surface area (Å²) in [5.41, 5.74) is 1.34. The molecule has 170 valence electrons. The second-order valence-corrected chi connectivity index (χ2v) is 7.53. The lowest BCUT2D eigenvalue weighted by Crippen LogP contribution is -2.43. The van der Waals surface area contributed by atoms with Crippen LogP contribution in [0.4, 0.5) is 18.9 Å². The number of anilines is 1. The maximum Gasteiger partial charge on any atom is 0.471 e. The van der Waals surface area contributed by atoms with Crippen molar-refractivity contribution in [3.63, 3.8) is 0 Å². The van der Waals surface area contributed by atoms with Crippen LogP contribution in [0.5, 0.6) is 0 Å². The van der Waals surface area contributed by atoms with Crippen LogP contribution in [0.1, 0.15) is 35.7 Å². The summed E-state index contributed by atoms with van der Waals surface area (Å²) < 4.78 is 38.3. The third-order valence-corrected chi connectivity index (χ3v) is 5.32. The molecule has 3 rings (SSSR count). The van der Waals surface area contributed by atoms with Crippen LogP contribution in [0.15, 0.2) is 54.6 Å². The Morgan fingerprint density at radius 2 is 1.81 bits per heavy atom. The predicted molar refractivity (Wildman–Crippen MR) is 113 cm³/mol. The molecule has 1 N–H and O–H groups in total. The van der Waals surface area contributed by atoms with Gasteiger partial charge in [0.15, 0.2) is 0 Å². The van der Waals surface area contributed by atoms with Crippen LogP contribution in [0, 0.1) is 0 Å². The lowest BCUT2D eigenvalue weighted by Gasteiger charge is -2.24. The molecule has 1 unspecified atom stereocenters. The van der Waals surface area contributed by atoms with Crippen LogP contribution in [0.25, 0.3) is 0 Å². The van der Waals surface area contributed by atoms with E-state index in [-0.39, 0.29) is 24.9 Å². The van der Waals surface area contributed by atoms with Gasteiger partial charge in [-0.2, -0.15) is 13.2 Å². The van der Waals surface area contributed by atoms with E-state index in [2.05, 4.69) is 5.32 Å². The fourth-order valence-electron chi connectivity index (χ4n) is 3.73. The molecule has 0 saturated carbocycles. The lowest BCUT2D eigenvalue weighted by atomic mass is 10.1. The van der Waals surface area contributed by atoms with Gasteiger partial charge in [-0.1, -0.05) is 30.3 Å². The maximum atomic E-state index is 12.9. The first-order valence-corrected chi connectivity index (χ1v) is 10.3. The Labute approximate surface area is 184 Å². The Bertz CT molecular complexity index is 979. The average molecular weight is 447 g/mol. The zero-order valence-electron chi connectivity index (χ0n) is 17.6. The Balaban J connectivity index is 1.69. The van der Waals surface area contributed by atoms with E-state index in [4.69, 9.17) is 0 Å². The standard InChI is InChI=1S/C23H24F3N3O3/c1-2-28(22(32)23(24,25)26)15-16-8-6-11-18(14-16)27-20(30)19-12-7-13-29(19)21(31)17-9-4-3-5-10-17/h3-6,8-11,14,19H,2,7,12-13,15H2,1H3,(H,27,30). The van der Waals surface area contributed by atoms with Crippen LogP contribution >= 0.6 is 0 Å². The third kappa shape index (κ3) is 5.46. The van der Waals surface area contributed by atoms with Crippen molar-refractivity contribution in [3.05, 3.63) is 65.7 Å². The van der Waals surface area contributed by atoms with E-state index in [1.165, 1.54) is 17.9 Å². The zero-order valence-corrected chi connectivity index (χ0v) is 17.6. The van der Waals surface area contributed by atoms with Gasteiger partial charge in [0, 0.05) is 30.9 Å². The van der Waals surface area contributed by atoms with E-state index >= 15 is 0 Å². The Hall–Kier alpha value is -3.36. The summed E-state index contributed by atoms with van der Waals surface area (Å²) in [6.45, 7) is 1.60. The Kier molecular flexibility index (Phi) is 7.17. The van der Waals surface area contributed by atoms with E-state index < -0.39 is 18.1 Å². The smallest absolute Gasteiger partial charge is 0.331 e. The molecule has 32 heavy (non-hydrogen) atoms. The summed E-state index contributed by atoms with van der Waals surface area (Å²) in [5, 5.41) is 2.75. The fraction of sp³-hybridized carbons (Fsp3) is 0.348. The van der Waals surface area contributed by atoms with E-state index in [1.54, 1.807) is 48.5 Å². The minimum Gasteiger partial charge on any atom is -0.331 e.